The summed E-state index contributed by atoms with van der Waals surface area (Å²) in [5.41, 5.74) is -1.20. The number of ketones is 1. The maximum atomic E-state index is 13.1. The van der Waals surface area contributed by atoms with Gasteiger partial charge in [-0.1, -0.05) is 18.2 Å². The minimum Gasteiger partial charge on any atom is -0.289 e. The lowest BCUT2D eigenvalue weighted by Gasteiger charge is -2.12. The van der Waals surface area contributed by atoms with E-state index in [0.29, 0.717) is 0 Å². The van der Waals surface area contributed by atoms with Crippen LogP contribution in [0.1, 0.15) is 27.0 Å². The van der Waals surface area contributed by atoms with E-state index >= 15 is 0 Å². The molecule has 0 heterocycles. The van der Waals surface area contributed by atoms with Crippen LogP contribution in [0.15, 0.2) is 42.5 Å². The maximum Gasteiger partial charge on any atom is 0.417 e. The zero-order chi connectivity index (χ0) is 14.9. The third-order valence-electron chi connectivity index (χ3n) is 2.90. The van der Waals surface area contributed by atoms with Gasteiger partial charge in [0.25, 0.3) is 0 Å². The third kappa shape index (κ3) is 2.71. The molecule has 0 fully saturated rings. The standard InChI is InChI=1S/C15H10F4O/c1-9-8-10(6-7-13(9)16)14(20)11-4-2-3-5-12(11)15(17,18)19/h2-8H,1H3. The van der Waals surface area contributed by atoms with E-state index in [-0.39, 0.29) is 11.1 Å². The van der Waals surface area contributed by atoms with E-state index < -0.39 is 28.9 Å². The second kappa shape index (κ2) is 5.07. The van der Waals surface area contributed by atoms with Crippen LogP contribution in [0.5, 0.6) is 0 Å². The van der Waals surface area contributed by atoms with Crippen molar-refractivity contribution in [1.82, 2.24) is 0 Å². The fourth-order valence-corrected chi connectivity index (χ4v) is 1.87. The van der Waals surface area contributed by atoms with E-state index in [1.165, 1.54) is 31.2 Å². The van der Waals surface area contributed by atoms with Gasteiger partial charge in [-0.25, -0.2) is 4.39 Å². The summed E-state index contributed by atoms with van der Waals surface area (Å²) in [6.45, 7) is 1.45. The molecule has 5 heteroatoms. The molecule has 2 aromatic rings. The molecule has 0 unspecified atom stereocenters. The highest BCUT2D eigenvalue weighted by molar-refractivity contribution is 6.10. The molecule has 0 aliphatic carbocycles. The Morgan fingerprint density at radius 1 is 1.05 bits per heavy atom. The van der Waals surface area contributed by atoms with Gasteiger partial charge < -0.3 is 0 Å². The van der Waals surface area contributed by atoms with E-state index in [1.54, 1.807) is 0 Å². The van der Waals surface area contributed by atoms with E-state index in [4.69, 9.17) is 0 Å². The zero-order valence-corrected chi connectivity index (χ0v) is 10.5. The Hall–Kier alpha value is -2.17. The van der Waals surface area contributed by atoms with E-state index in [2.05, 4.69) is 0 Å². The molecule has 20 heavy (non-hydrogen) atoms. The molecule has 0 saturated heterocycles. The van der Waals surface area contributed by atoms with Crippen molar-refractivity contribution in [2.24, 2.45) is 0 Å². The largest absolute Gasteiger partial charge is 0.417 e. The normalized spacial score (nSPS) is 11.4. The van der Waals surface area contributed by atoms with E-state index in [0.717, 1.165) is 18.2 Å². The molecular formula is C15H10F4O. The molecule has 0 bridgehead atoms. The van der Waals surface area contributed by atoms with Gasteiger partial charge >= 0.3 is 6.18 Å². The van der Waals surface area contributed by atoms with Gasteiger partial charge in [0.05, 0.1) is 5.56 Å². The van der Waals surface area contributed by atoms with Crippen molar-refractivity contribution in [1.29, 1.82) is 0 Å². The predicted octanol–water partition coefficient (Wildman–Crippen LogP) is 4.38. The molecule has 0 aliphatic heterocycles. The van der Waals surface area contributed by atoms with Crippen molar-refractivity contribution in [2.75, 3.05) is 0 Å². The quantitative estimate of drug-likeness (QED) is 0.590. The molecule has 0 aromatic heterocycles. The molecular weight excluding hydrogens is 272 g/mol. The molecule has 0 saturated carbocycles. The molecule has 0 atom stereocenters. The lowest BCUT2D eigenvalue weighted by atomic mass is 9.97. The third-order valence-corrected chi connectivity index (χ3v) is 2.90. The number of hydrogen-bond donors (Lipinski definition) is 0. The van der Waals surface area contributed by atoms with Crippen LogP contribution in [-0.2, 0) is 6.18 Å². The Kier molecular flexibility index (Phi) is 3.61. The highest BCUT2D eigenvalue weighted by atomic mass is 19.4. The number of hydrogen-bond acceptors (Lipinski definition) is 1. The topological polar surface area (TPSA) is 17.1 Å². The molecule has 0 radical (unpaired) electrons. The number of alkyl halides is 3. The van der Waals surface area contributed by atoms with Crippen LogP contribution in [0.2, 0.25) is 0 Å². The average Bonchev–Trinajstić information content (AvgIpc) is 2.40. The minimum absolute atomic E-state index is 0.0283. The first kappa shape index (κ1) is 14.2. The zero-order valence-electron chi connectivity index (χ0n) is 10.5. The molecule has 0 N–H and O–H groups in total. The van der Waals surface area contributed by atoms with Crippen LogP contribution in [-0.4, -0.2) is 5.78 Å². The first-order chi connectivity index (χ1) is 9.30. The number of halogens is 4. The predicted molar refractivity (Wildman–Crippen MR) is 66.0 cm³/mol. The van der Waals surface area contributed by atoms with Crippen molar-refractivity contribution in [3.63, 3.8) is 0 Å². The molecule has 2 aromatic carbocycles. The van der Waals surface area contributed by atoms with Gasteiger partial charge in [0.15, 0.2) is 5.78 Å². The smallest absolute Gasteiger partial charge is 0.289 e. The molecule has 104 valence electrons. The summed E-state index contributed by atoms with van der Waals surface area (Å²) in [6, 6.07) is 8.03. The van der Waals surface area contributed by atoms with Gasteiger partial charge in [-0.2, -0.15) is 13.2 Å². The van der Waals surface area contributed by atoms with Crippen molar-refractivity contribution in [3.8, 4) is 0 Å². The SMILES string of the molecule is Cc1cc(C(=O)c2ccccc2C(F)(F)F)ccc1F. The van der Waals surface area contributed by atoms with Gasteiger partial charge in [-0.15, -0.1) is 0 Å². The summed E-state index contributed by atoms with van der Waals surface area (Å²) in [5.74, 6) is -1.29. The van der Waals surface area contributed by atoms with Crippen LogP contribution < -0.4 is 0 Å². The second-order valence-corrected chi connectivity index (χ2v) is 4.34. The summed E-state index contributed by atoms with van der Waals surface area (Å²) >= 11 is 0. The van der Waals surface area contributed by atoms with Crippen LogP contribution >= 0.6 is 0 Å². The van der Waals surface area contributed by atoms with Crippen molar-refractivity contribution < 1.29 is 22.4 Å². The van der Waals surface area contributed by atoms with Gasteiger partial charge in [-0.05, 0) is 36.8 Å². The van der Waals surface area contributed by atoms with E-state index in [9.17, 15) is 22.4 Å². The Labute approximate surface area is 112 Å². The summed E-state index contributed by atoms with van der Waals surface area (Å²) in [5, 5.41) is 0. The van der Waals surface area contributed by atoms with E-state index in [1.807, 2.05) is 0 Å². The van der Waals surface area contributed by atoms with Gasteiger partial charge in [0.2, 0.25) is 0 Å². The fourth-order valence-electron chi connectivity index (χ4n) is 1.87. The highest BCUT2D eigenvalue weighted by Gasteiger charge is 2.34. The molecule has 1 nitrogen and oxygen atoms in total. The Morgan fingerprint density at radius 2 is 1.70 bits per heavy atom. The van der Waals surface area contributed by atoms with Crippen LogP contribution in [0.25, 0.3) is 0 Å². The first-order valence-electron chi connectivity index (χ1n) is 5.78. The fraction of sp³-hybridized carbons (Fsp3) is 0.133. The summed E-state index contributed by atoms with van der Waals surface area (Å²) in [7, 11) is 0. The van der Waals surface area contributed by atoms with Gasteiger partial charge in [-0.3, -0.25) is 4.79 Å². The monoisotopic (exact) mass is 282 g/mol. The highest BCUT2D eigenvalue weighted by Crippen LogP contribution is 2.32. The van der Waals surface area contributed by atoms with Crippen molar-refractivity contribution in [2.45, 2.75) is 13.1 Å². The van der Waals surface area contributed by atoms with Crippen LogP contribution in [0.4, 0.5) is 17.6 Å². The minimum atomic E-state index is -4.61. The number of carbonyl (C=O) groups excluding carboxylic acids is 1. The number of carbonyl (C=O) groups is 1. The lowest BCUT2D eigenvalue weighted by molar-refractivity contribution is -0.137. The van der Waals surface area contributed by atoms with Crippen molar-refractivity contribution >= 4 is 5.78 Å². The van der Waals surface area contributed by atoms with Gasteiger partial charge in [0, 0.05) is 11.1 Å². The number of benzene rings is 2. The summed E-state index contributed by atoms with van der Waals surface area (Å²) < 4.78 is 51.7. The second-order valence-electron chi connectivity index (χ2n) is 4.34. The Morgan fingerprint density at radius 3 is 2.30 bits per heavy atom. The summed E-state index contributed by atoms with van der Waals surface area (Å²) in [4.78, 5) is 12.2. The molecule has 0 aliphatic rings. The summed E-state index contributed by atoms with van der Waals surface area (Å²) in [6.07, 6.45) is -4.61. The molecule has 2 rings (SSSR count). The lowest BCUT2D eigenvalue weighted by Crippen LogP contribution is -2.13. The average molecular weight is 282 g/mol. The Balaban J connectivity index is 2.51. The first-order valence-corrected chi connectivity index (χ1v) is 5.78. The van der Waals surface area contributed by atoms with Crippen molar-refractivity contribution in [3.05, 3.63) is 70.5 Å². The van der Waals surface area contributed by atoms with Crippen LogP contribution in [0, 0.1) is 12.7 Å². The molecule has 0 amide bonds. The maximum absolute atomic E-state index is 13.1. The Bertz CT molecular complexity index is 659. The molecule has 0 spiro atoms. The number of rotatable bonds is 2. The van der Waals surface area contributed by atoms with Crippen LogP contribution in [0.3, 0.4) is 0 Å². The number of aryl methyl sites for hydroxylation is 1. The van der Waals surface area contributed by atoms with Gasteiger partial charge in [0.1, 0.15) is 5.82 Å².